The highest BCUT2D eigenvalue weighted by molar-refractivity contribution is 7.12. The molecule has 1 heterocycles. The molecule has 0 aliphatic carbocycles. The van der Waals surface area contributed by atoms with Gasteiger partial charge in [-0.2, -0.15) is 0 Å². The van der Waals surface area contributed by atoms with Crippen molar-refractivity contribution >= 4 is 34.9 Å². The van der Waals surface area contributed by atoms with Crippen molar-refractivity contribution in [3.8, 4) is 0 Å². The van der Waals surface area contributed by atoms with Gasteiger partial charge in [-0.3, -0.25) is 9.59 Å². The highest BCUT2D eigenvalue weighted by Gasteiger charge is 2.06. The van der Waals surface area contributed by atoms with Crippen molar-refractivity contribution in [2.75, 3.05) is 25.1 Å². The van der Waals surface area contributed by atoms with Crippen LogP contribution in [-0.2, 0) is 9.53 Å². The molecule has 0 unspecified atom stereocenters. The minimum atomic E-state index is -0.231. The zero-order chi connectivity index (χ0) is 18.8. The molecule has 0 spiro atoms. The molecule has 26 heavy (non-hydrogen) atoms. The van der Waals surface area contributed by atoms with Gasteiger partial charge < -0.3 is 15.4 Å². The van der Waals surface area contributed by atoms with Crippen molar-refractivity contribution in [3.05, 3.63) is 57.8 Å². The minimum absolute atomic E-state index is 0.165. The van der Waals surface area contributed by atoms with E-state index in [1.165, 1.54) is 11.0 Å². The van der Waals surface area contributed by atoms with Crippen LogP contribution in [0.25, 0.3) is 6.08 Å². The van der Waals surface area contributed by atoms with Gasteiger partial charge in [-0.1, -0.05) is 6.07 Å². The Labute approximate surface area is 158 Å². The Hall–Kier alpha value is -2.44. The second kappa shape index (κ2) is 10.5. The van der Waals surface area contributed by atoms with Crippen LogP contribution < -0.4 is 10.6 Å². The molecule has 6 heteroatoms. The summed E-state index contributed by atoms with van der Waals surface area (Å²) in [6.45, 7) is 5.82. The fraction of sp³-hybridized carbons (Fsp3) is 0.300. The number of carbonyl (C=O) groups is 2. The molecule has 1 aromatic carbocycles. The Morgan fingerprint density at radius 3 is 2.81 bits per heavy atom. The quantitative estimate of drug-likeness (QED) is 0.519. The zero-order valence-electron chi connectivity index (χ0n) is 15.1. The molecule has 1 aromatic heterocycles. The molecule has 2 N–H and O–H groups in total. The average Bonchev–Trinajstić information content (AvgIpc) is 3.05. The molecular weight excluding hydrogens is 348 g/mol. The molecule has 0 atom stereocenters. The second-order valence-electron chi connectivity index (χ2n) is 5.66. The number of nitrogens with one attached hydrogen (secondary N) is 2. The highest BCUT2D eigenvalue weighted by Crippen LogP contribution is 2.16. The van der Waals surface area contributed by atoms with E-state index in [1.807, 2.05) is 26.0 Å². The van der Waals surface area contributed by atoms with Gasteiger partial charge in [0.1, 0.15) is 0 Å². The number of hydrogen-bond acceptors (Lipinski definition) is 4. The lowest BCUT2D eigenvalue weighted by molar-refractivity contribution is -0.111. The number of aryl methyl sites for hydroxylation is 1. The van der Waals surface area contributed by atoms with E-state index in [4.69, 9.17) is 4.74 Å². The molecule has 2 aromatic rings. The molecule has 0 aliphatic heterocycles. The van der Waals surface area contributed by atoms with Gasteiger partial charge in [0.15, 0.2) is 0 Å². The number of benzene rings is 1. The topological polar surface area (TPSA) is 67.4 Å². The number of carbonyl (C=O) groups excluding carboxylic acids is 2. The lowest BCUT2D eigenvalue weighted by Crippen LogP contribution is -2.25. The SMILES string of the molecule is CCOCCCNC(=O)c1cccc(NC(=O)C=Cc2ccc(C)s2)c1. The summed E-state index contributed by atoms with van der Waals surface area (Å²) in [4.78, 5) is 26.4. The predicted octanol–water partition coefficient (Wildman–Crippen LogP) is 3.86. The van der Waals surface area contributed by atoms with Gasteiger partial charge >= 0.3 is 0 Å². The summed E-state index contributed by atoms with van der Waals surface area (Å²) in [5.74, 6) is -0.396. The van der Waals surface area contributed by atoms with Gasteiger partial charge in [0.25, 0.3) is 5.91 Å². The summed E-state index contributed by atoms with van der Waals surface area (Å²) in [7, 11) is 0. The van der Waals surface area contributed by atoms with E-state index in [-0.39, 0.29) is 11.8 Å². The van der Waals surface area contributed by atoms with Crippen LogP contribution in [0.5, 0.6) is 0 Å². The molecule has 0 bridgehead atoms. The fourth-order valence-electron chi connectivity index (χ4n) is 2.25. The molecule has 5 nitrogen and oxygen atoms in total. The largest absolute Gasteiger partial charge is 0.382 e. The van der Waals surface area contributed by atoms with E-state index in [1.54, 1.807) is 41.7 Å². The van der Waals surface area contributed by atoms with E-state index in [9.17, 15) is 9.59 Å². The minimum Gasteiger partial charge on any atom is -0.382 e. The van der Waals surface area contributed by atoms with E-state index < -0.39 is 0 Å². The smallest absolute Gasteiger partial charge is 0.251 e. The third kappa shape index (κ3) is 6.82. The van der Waals surface area contributed by atoms with Crippen LogP contribution in [0.15, 0.2) is 42.5 Å². The van der Waals surface area contributed by atoms with Crippen LogP contribution in [0, 0.1) is 6.92 Å². The lowest BCUT2D eigenvalue weighted by atomic mass is 10.2. The summed E-state index contributed by atoms with van der Waals surface area (Å²) in [5, 5.41) is 5.62. The monoisotopic (exact) mass is 372 g/mol. The van der Waals surface area contributed by atoms with Gasteiger partial charge in [0.05, 0.1) is 0 Å². The van der Waals surface area contributed by atoms with Gasteiger partial charge in [0.2, 0.25) is 5.91 Å². The Morgan fingerprint density at radius 2 is 2.08 bits per heavy atom. The van der Waals surface area contributed by atoms with E-state index >= 15 is 0 Å². The van der Waals surface area contributed by atoms with Gasteiger partial charge in [-0.25, -0.2) is 0 Å². The normalized spacial score (nSPS) is 10.8. The molecule has 2 rings (SSSR count). The van der Waals surface area contributed by atoms with Crippen molar-refractivity contribution in [2.45, 2.75) is 20.3 Å². The third-order valence-electron chi connectivity index (χ3n) is 3.51. The van der Waals surface area contributed by atoms with Gasteiger partial charge in [-0.15, -0.1) is 11.3 Å². The fourth-order valence-corrected chi connectivity index (χ4v) is 3.03. The van der Waals surface area contributed by atoms with E-state index in [2.05, 4.69) is 10.6 Å². The molecule has 0 fully saturated rings. The van der Waals surface area contributed by atoms with Crippen molar-refractivity contribution in [3.63, 3.8) is 0 Å². The van der Waals surface area contributed by atoms with Crippen LogP contribution in [-0.4, -0.2) is 31.6 Å². The van der Waals surface area contributed by atoms with E-state index in [0.29, 0.717) is 31.0 Å². The number of thiophene rings is 1. The lowest BCUT2D eigenvalue weighted by Gasteiger charge is -2.07. The first-order chi connectivity index (χ1) is 12.6. The number of anilines is 1. The maximum Gasteiger partial charge on any atom is 0.251 e. The summed E-state index contributed by atoms with van der Waals surface area (Å²) >= 11 is 1.63. The summed E-state index contributed by atoms with van der Waals surface area (Å²) < 4.78 is 5.24. The maximum absolute atomic E-state index is 12.2. The number of ether oxygens (including phenoxy) is 1. The molecule has 0 saturated carbocycles. The van der Waals surface area contributed by atoms with Crippen LogP contribution >= 0.6 is 11.3 Å². The van der Waals surface area contributed by atoms with Crippen molar-refractivity contribution in [1.29, 1.82) is 0 Å². The molecule has 0 radical (unpaired) electrons. The van der Waals surface area contributed by atoms with Crippen LogP contribution in [0.2, 0.25) is 0 Å². The number of rotatable bonds is 9. The van der Waals surface area contributed by atoms with E-state index in [0.717, 1.165) is 11.3 Å². The first kappa shape index (κ1) is 19.9. The van der Waals surface area contributed by atoms with Crippen molar-refractivity contribution in [2.24, 2.45) is 0 Å². The number of amides is 2. The highest BCUT2D eigenvalue weighted by atomic mass is 32.1. The third-order valence-corrected chi connectivity index (χ3v) is 4.47. The molecule has 0 aliphatic rings. The summed E-state index contributed by atoms with van der Waals surface area (Å²) in [5.41, 5.74) is 1.10. The molecular formula is C20H24N2O3S. The Morgan fingerprint density at radius 1 is 1.23 bits per heavy atom. The molecule has 0 saturated heterocycles. The van der Waals surface area contributed by atoms with Gasteiger partial charge in [-0.05, 0) is 56.7 Å². The van der Waals surface area contributed by atoms with Crippen LogP contribution in [0.4, 0.5) is 5.69 Å². The second-order valence-corrected chi connectivity index (χ2v) is 6.98. The zero-order valence-corrected chi connectivity index (χ0v) is 15.9. The first-order valence-corrected chi connectivity index (χ1v) is 9.41. The van der Waals surface area contributed by atoms with Crippen molar-refractivity contribution < 1.29 is 14.3 Å². The average molecular weight is 372 g/mol. The standard InChI is InChI=1S/C20H24N2O3S/c1-3-25-13-5-12-21-20(24)16-6-4-7-17(14-16)22-19(23)11-10-18-9-8-15(2)26-18/h4,6-11,14H,3,5,12-13H2,1-2H3,(H,21,24)(H,22,23). The molecule has 2 amide bonds. The van der Waals surface area contributed by atoms with Gasteiger partial charge in [0, 0.05) is 46.8 Å². The van der Waals surface area contributed by atoms with Crippen LogP contribution in [0.3, 0.4) is 0 Å². The Balaban J connectivity index is 1.86. The summed E-state index contributed by atoms with van der Waals surface area (Å²) in [6, 6.07) is 10.9. The Bertz CT molecular complexity index is 768. The van der Waals surface area contributed by atoms with Crippen molar-refractivity contribution in [1.82, 2.24) is 5.32 Å². The first-order valence-electron chi connectivity index (χ1n) is 8.60. The Kier molecular flexibility index (Phi) is 8.05. The molecule has 138 valence electrons. The summed E-state index contributed by atoms with van der Waals surface area (Å²) in [6.07, 6.45) is 4.04. The predicted molar refractivity (Wildman–Crippen MR) is 107 cm³/mol. The van der Waals surface area contributed by atoms with Crippen LogP contribution in [0.1, 0.15) is 33.5 Å². The number of hydrogen-bond donors (Lipinski definition) is 2. The maximum atomic E-state index is 12.2.